The van der Waals surface area contributed by atoms with Crippen LogP contribution in [-0.4, -0.2) is 54.3 Å². The maximum atomic E-state index is 12.1. The highest BCUT2D eigenvalue weighted by atomic mass is 31.2. The second-order valence-electron chi connectivity index (χ2n) is 13.6. The topological polar surface area (TPSA) is 131 Å². The van der Waals surface area contributed by atoms with Gasteiger partial charge in [-0.25, -0.2) is 4.57 Å². The molecule has 0 aliphatic heterocycles. The monoisotopic (exact) mass is 730 g/mol. The van der Waals surface area contributed by atoms with Gasteiger partial charge in [0.15, 0.2) is 0 Å². The molecule has 0 aromatic heterocycles. The number of phosphoric ester groups is 1. The Morgan fingerprint density at radius 3 is 1.64 bits per heavy atom. The summed E-state index contributed by atoms with van der Waals surface area (Å²) >= 11 is 0. The van der Waals surface area contributed by atoms with Crippen molar-refractivity contribution in [1.29, 1.82) is 0 Å². The van der Waals surface area contributed by atoms with Crippen LogP contribution in [0, 0.1) is 0 Å². The van der Waals surface area contributed by atoms with E-state index in [4.69, 9.17) is 13.8 Å². The van der Waals surface area contributed by atoms with Crippen molar-refractivity contribution in [2.45, 2.75) is 193 Å². The van der Waals surface area contributed by atoms with Crippen LogP contribution in [-0.2, 0) is 27.9 Å². The molecule has 0 bridgehead atoms. The standard InChI is InChI=1S/C40H76NO8P/c1-3-5-7-9-11-13-15-17-19-21-23-25-27-29-31-33-40(44)47-36-38(42)37-49-50(45,46)48-35-34-41-39(43)32-30-28-26-24-22-20-18-16-14-12-10-8-6-4-2/h11,13,17,19,38,42H,3-10,12,14-16,18,20-37H2,1-2H3,(H,41,43)(H,45,46)/b13-11-,19-17-. The lowest BCUT2D eigenvalue weighted by Crippen LogP contribution is -2.27. The molecule has 50 heavy (non-hydrogen) atoms. The van der Waals surface area contributed by atoms with Gasteiger partial charge in [-0.15, -0.1) is 0 Å². The van der Waals surface area contributed by atoms with Gasteiger partial charge in [-0.1, -0.05) is 154 Å². The van der Waals surface area contributed by atoms with E-state index in [2.05, 4.69) is 43.5 Å². The van der Waals surface area contributed by atoms with E-state index in [1.807, 2.05) is 0 Å². The molecule has 0 rings (SSSR count). The van der Waals surface area contributed by atoms with Gasteiger partial charge in [-0.05, 0) is 44.9 Å². The van der Waals surface area contributed by atoms with Gasteiger partial charge in [0.2, 0.25) is 5.91 Å². The summed E-state index contributed by atoms with van der Waals surface area (Å²) in [6.07, 6.45) is 38.1. The molecule has 0 heterocycles. The van der Waals surface area contributed by atoms with Gasteiger partial charge in [-0.2, -0.15) is 0 Å². The SMILES string of the molecule is CCCCC/C=C\C/C=C\CCCCCCCC(=O)OCC(O)COP(=O)(O)OCCNC(=O)CCCCCCCCCCCCCCCC. The van der Waals surface area contributed by atoms with E-state index in [0.29, 0.717) is 6.42 Å². The number of hydrogen-bond donors (Lipinski definition) is 3. The van der Waals surface area contributed by atoms with Crippen LogP contribution < -0.4 is 5.32 Å². The van der Waals surface area contributed by atoms with Crippen LogP contribution in [0.15, 0.2) is 24.3 Å². The summed E-state index contributed by atoms with van der Waals surface area (Å²) in [7, 11) is -4.41. The second kappa shape index (κ2) is 37.3. The third-order valence-corrected chi connectivity index (χ3v) is 9.62. The highest BCUT2D eigenvalue weighted by molar-refractivity contribution is 7.47. The minimum absolute atomic E-state index is 0.0830. The van der Waals surface area contributed by atoms with Crippen LogP contribution in [0.2, 0.25) is 0 Å². The third kappa shape index (κ3) is 37.7. The maximum Gasteiger partial charge on any atom is 0.472 e. The number of allylic oxidation sites excluding steroid dienone is 4. The number of hydrogen-bond acceptors (Lipinski definition) is 7. The number of rotatable bonds is 38. The fraction of sp³-hybridized carbons (Fsp3) is 0.850. The van der Waals surface area contributed by atoms with Crippen LogP contribution in [0.4, 0.5) is 0 Å². The van der Waals surface area contributed by atoms with Gasteiger partial charge >= 0.3 is 13.8 Å². The van der Waals surface area contributed by atoms with Crippen molar-refractivity contribution in [2.24, 2.45) is 0 Å². The molecule has 1 amide bonds. The van der Waals surface area contributed by atoms with Crippen molar-refractivity contribution in [3.05, 3.63) is 24.3 Å². The summed E-state index contributed by atoms with van der Waals surface area (Å²) < 4.78 is 26.8. The molecule has 0 saturated heterocycles. The normalized spacial score (nSPS) is 13.6. The Hall–Kier alpha value is -1.51. The minimum Gasteiger partial charge on any atom is -0.463 e. The lowest BCUT2D eigenvalue weighted by molar-refractivity contribution is -0.147. The highest BCUT2D eigenvalue weighted by Crippen LogP contribution is 2.42. The zero-order valence-corrected chi connectivity index (χ0v) is 33.0. The Balaban J connectivity index is 3.62. The third-order valence-electron chi connectivity index (χ3n) is 8.63. The largest absolute Gasteiger partial charge is 0.472 e. The first-order valence-electron chi connectivity index (χ1n) is 20.3. The average molecular weight is 730 g/mol. The van der Waals surface area contributed by atoms with E-state index >= 15 is 0 Å². The number of unbranched alkanes of at least 4 members (excludes halogenated alkanes) is 21. The van der Waals surface area contributed by atoms with Crippen LogP contribution in [0.25, 0.3) is 0 Å². The summed E-state index contributed by atoms with van der Waals surface area (Å²) in [6.45, 7) is 3.52. The second-order valence-corrected chi connectivity index (χ2v) is 15.1. The number of aliphatic hydroxyl groups excluding tert-OH is 1. The molecule has 0 aromatic rings. The van der Waals surface area contributed by atoms with E-state index < -0.39 is 26.5 Å². The first-order valence-corrected chi connectivity index (χ1v) is 21.8. The molecular formula is C40H76NO8P. The number of esters is 1. The Morgan fingerprint density at radius 2 is 1.08 bits per heavy atom. The Morgan fingerprint density at radius 1 is 0.620 bits per heavy atom. The molecule has 0 fully saturated rings. The quantitative estimate of drug-likeness (QED) is 0.0248. The van der Waals surface area contributed by atoms with Gasteiger partial charge in [0.05, 0.1) is 13.2 Å². The summed E-state index contributed by atoms with van der Waals surface area (Å²) in [6, 6.07) is 0. The van der Waals surface area contributed by atoms with Gasteiger partial charge in [0.1, 0.15) is 12.7 Å². The molecular weight excluding hydrogens is 653 g/mol. The maximum absolute atomic E-state index is 12.1. The van der Waals surface area contributed by atoms with Gasteiger partial charge in [0.25, 0.3) is 0 Å². The molecule has 2 unspecified atom stereocenters. The molecule has 0 aliphatic rings. The number of ether oxygens (including phenoxy) is 1. The first kappa shape index (κ1) is 48.5. The van der Waals surface area contributed by atoms with E-state index in [0.717, 1.165) is 64.2 Å². The van der Waals surface area contributed by atoms with Crippen LogP contribution in [0.1, 0.15) is 187 Å². The highest BCUT2D eigenvalue weighted by Gasteiger charge is 2.23. The van der Waals surface area contributed by atoms with Crippen molar-refractivity contribution in [3.8, 4) is 0 Å². The zero-order chi connectivity index (χ0) is 36.8. The Kier molecular flexibility index (Phi) is 36.1. The number of nitrogens with one attached hydrogen (secondary N) is 1. The lowest BCUT2D eigenvalue weighted by atomic mass is 10.0. The van der Waals surface area contributed by atoms with Crippen molar-refractivity contribution in [1.82, 2.24) is 5.32 Å². The van der Waals surface area contributed by atoms with Crippen molar-refractivity contribution >= 4 is 19.7 Å². The van der Waals surface area contributed by atoms with E-state index in [9.17, 15) is 24.2 Å². The number of phosphoric acid groups is 1. The van der Waals surface area contributed by atoms with Crippen LogP contribution >= 0.6 is 7.82 Å². The smallest absolute Gasteiger partial charge is 0.463 e. The fourth-order valence-corrected chi connectivity index (χ4v) is 6.28. The molecule has 294 valence electrons. The molecule has 9 nitrogen and oxygen atoms in total. The van der Waals surface area contributed by atoms with Crippen LogP contribution in [0.5, 0.6) is 0 Å². The summed E-state index contributed by atoms with van der Waals surface area (Å²) in [4.78, 5) is 33.8. The van der Waals surface area contributed by atoms with Crippen molar-refractivity contribution in [3.63, 3.8) is 0 Å². The molecule has 0 spiro atoms. The van der Waals surface area contributed by atoms with Gasteiger partial charge < -0.3 is 20.1 Å². The predicted molar refractivity (Wildman–Crippen MR) is 206 cm³/mol. The van der Waals surface area contributed by atoms with Crippen LogP contribution in [0.3, 0.4) is 0 Å². The lowest BCUT2D eigenvalue weighted by Gasteiger charge is -2.15. The molecule has 0 saturated carbocycles. The van der Waals surface area contributed by atoms with Gasteiger partial charge in [-0.3, -0.25) is 18.6 Å². The summed E-state index contributed by atoms with van der Waals surface area (Å²) in [5.74, 6) is -0.527. The number of aliphatic hydroxyl groups is 1. The number of carbonyl (C=O) groups excluding carboxylic acids is 2. The van der Waals surface area contributed by atoms with E-state index in [1.54, 1.807) is 0 Å². The summed E-state index contributed by atoms with van der Waals surface area (Å²) in [5.41, 5.74) is 0. The first-order chi connectivity index (χ1) is 24.3. The average Bonchev–Trinajstić information content (AvgIpc) is 3.10. The molecule has 3 N–H and O–H groups in total. The number of carbonyl (C=O) groups is 2. The fourth-order valence-electron chi connectivity index (χ4n) is 5.53. The predicted octanol–water partition coefficient (Wildman–Crippen LogP) is 10.8. The molecule has 10 heteroatoms. The summed E-state index contributed by atoms with van der Waals surface area (Å²) in [5, 5.41) is 12.7. The Bertz CT molecular complexity index is 881. The Labute approximate surface area is 306 Å². The van der Waals surface area contributed by atoms with E-state index in [-0.39, 0.29) is 32.1 Å². The van der Waals surface area contributed by atoms with Crippen molar-refractivity contribution in [2.75, 3.05) is 26.4 Å². The zero-order valence-electron chi connectivity index (χ0n) is 32.1. The molecule has 0 aromatic carbocycles. The molecule has 2 atom stereocenters. The van der Waals surface area contributed by atoms with Gasteiger partial charge in [0, 0.05) is 19.4 Å². The molecule has 0 aliphatic carbocycles. The molecule has 0 radical (unpaired) electrons. The van der Waals surface area contributed by atoms with E-state index in [1.165, 1.54) is 96.3 Å². The minimum atomic E-state index is -4.41. The number of amides is 1. The van der Waals surface area contributed by atoms with Crippen molar-refractivity contribution < 1.29 is 37.9 Å².